The molecular formula is C39H35Cl2CuF6NOP3+2. The summed E-state index contributed by atoms with van der Waals surface area (Å²) in [6.45, 7) is 1.43. The summed E-state index contributed by atoms with van der Waals surface area (Å²) in [5.74, 6) is 1.85. The maximum absolute atomic E-state index is 10.7. The minimum atomic E-state index is -10.7. The first-order valence-electron chi connectivity index (χ1n) is 15.5. The maximum Gasteiger partial charge on any atom is 1.00 e. The van der Waals surface area contributed by atoms with Gasteiger partial charge in [-0.3, -0.25) is 0 Å². The van der Waals surface area contributed by atoms with Crippen molar-refractivity contribution in [1.29, 1.82) is 5.26 Å². The van der Waals surface area contributed by atoms with E-state index in [1.54, 1.807) is 6.07 Å². The summed E-state index contributed by atoms with van der Waals surface area (Å²) in [5, 5.41) is 15.4. The van der Waals surface area contributed by atoms with E-state index in [1.807, 2.05) is 0 Å². The Kier molecular flexibility index (Phi) is 18.0. The number of rotatable bonds is 8. The fourth-order valence-corrected chi connectivity index (χ4v) is 10.3. The van der Waals surface area contributed by atoms with E-state index < -0.39 is 23.7 Å². The SMILES string of the molecule is CC#N.ClCCl.F[P-](F)(F)(F)(F)F.[Cu+].c1ccc([PH+](c2ccccc2)c2ccccc2Oc2ccccc2[PH+](c2ccccc2)c2ccccc2)cc1. The van der Waals surface area contributed by atoms with Gasteiger partial charge in [0.2, 0.25) is 0 Å². The summed E-state index contributed by atoms with van der Waals surface area (Å²) >= 11 is 9.53. The maximum atomic E-state index is 9.87. The molecule has 0 bridgehead atoms. The average molecular weight is 875 g/mol. The summed E-state index contributed by atoms with van der Waals surface area (Å²) in [5.41, 5.74) is 0. The zero-order valence-electron chi connectivity index (χ0n) is 28.0. The van der Waals surface area contributed by atoms with Crippen LogP contribution in [0.4, 0.5) is 25.2 Å². The van der Waals surface area contributed by atoms with E-state index in [0.29, 0.717) is 0 Å². The molecule has 282 valence electrons. The predicted molar refractivity (Wildman–Crippen MR) is 215 cm³/mol. The number of nitriles is 1. The summed E-state index contributed by atoms with van der Waals surface area (Å²) < 4.78 is 66.1. The molecular weight excluding hydrogens is 840 g/mol. The molecule has 0 saturated carbocycles. The first-order chi connectivity index (χ1) is 24.7. The van der Waals surface area contributed by atoms with E-state index in [2.05, 4.69) is 170 Å². The zero-order chi connectivity index (χ0) is 38.1. The fourth-order valence-electron chi connectivity index (χ4n) is 5.02. The van der Waals surface area contributed by atoms with Gasteiger partial charge in [-0.05, 0) is 72.8 Å². The van der Waals surface area contributed by atoms with Gasteiger partial charge in [0.1, 0.15) is 47.7 Å². The van der Waals surface area contributed by atoms with Crippen LogP contribution in [0.25, 0.3) is 0 Å². The van der Waals surface area contributed by atoms with Gasteiger partial charge < -0.3 is 4.74 Å². The zero-order valence-corrected chi connectivity index (χ0v) is 33.3. The molecule has 0 aliphatic heterocycles. The molecule has 0 radical (unpaired) electrons. The number of benzene rings is 6. The van der Waals surface area contributed by atoms with Gasteiger partial charge in [0.25, 0.3) is 0 Å². The van der Waals surface area contributed by atoms with Crippen molar-refractivity contribution < 1.29 is 47.0 Å². The molecule has 53 heavy (non-hydrogen) atoms. The third kappa shape index (κ3) is 17.1. The molecule has 14 heteroatoms. The van der Waals surface area contributed by atoms with Crippen LogP contribution in [0.1, 0.15) is 6.92 Å². The molecule has 0 heterocycles. The largest absolute Gasteiger partial charge is 1.00 e. The third-order valence-corrected chi connectivity index (χ3v) is 12.3. The van der Waals surface area contributed by atoms with E-state index in [4.69, 9.17) is 33.2 Å². The Morgan fingerprint density at radius 3 is 0.906 bits per heavy atom. The first kappa shape index (κ1) is 45.7. The second kappa shape index (κ2) is 20.9. The van der Waals surface area contributed by atoms with Gasteiger partial charge in [-0.25, -0.2) is 0 Å². The van der Waals surface area contributed by atoms with Crippen LogP contribution in [0.3, 0.4) is 0 Å². The van der Waals surface area contributed by atoms with Gasteiger partial charge in [-0.2, -0.15) is 5.26 Å². The van der Waals surface area contributed by atoms with E-state index in [-0.39, 0.29) is 22.4 Å². The molecule has 0 aliphatic rings. The molecule has 0 spiro atoms. The number of hydrogen-bond donors (Lipinski definition) is 0. The molecule has 0 unspecified atom stereocenters. The Bertz CT molecular complexity index is 1780. The number of nitrogens with zero attached hydrogens (tertiary/aromatic N) is 1. The van der Waals surface area contributed by atoms with E-state index in [1.165, 1.54) is 38.8 Å². The van der Waals surface area contributed by atoms with Crippen LogP contribution in [0.15, 0.2) is 170 Å². The molecule has 6 rings (SSSR count). The Morgan fingerprint density at radius 1 is 0.491 bits per heavy atom. The van der Waals surface area contributed by atoms with Crippen LogP contribution in [0.5, 0.6) is 11.5 Å². The van der Waals surface area contributed by atoms with Crippen molar-refractivity contribution in [2.24, 2.45) is 0 Å². The standard InChI is InChI=1S/C36H28OP2.C2H3N.CH2Cl2.Cu.F6P/c1-5-17-29(18-6-1)38(30-19-7-2-8-20-30)35-27-15-13-25-33(35)37-34-26-14-16-28-36(34)39(31-21-9-3-10-22-31)32-23-11-4-12-24-32;1-2-3;2-1-3;;1-7(2,3,4,5)6/h1-28H;1H3;1H2;;/q;;;+1;-1/p+2. The van der Waals surface area contributed by atoms with Crippen molar-refractivity contribution >= 4 is 78.7 Å². The predicted octanol–water partition coefficient (Wildman–Crippen LogP) is 11.8. The summed E-state index contributed by atoms with van der Waals surface area (Å²) in [4.78, 5) is 0. The van der Waals surface area contributed by atoms with E-state index >= 15 is 0 Å². The Labute approximate surface area is 329 Å². The van der Waals surface area contributed by atoms with Crippen LogP contribution in [0.2, 0.25) is 0 Å². The molecule has 0 N–H and O–H groups in total. The van der Waals surface area contributed by atoms with Crippen molar-refractivity contribution in [3.05, 3.63) is 170 Å². The molecule has 0 aliphatic carbocycles. The Hall–Kier alpha value is -3.42. The van der Waals surface area contributed by atoms with Gasteiger partial charge in [-0.1, -0.05) is 97.1 Å². The normalized spacial score (nSPS) is 11.7. The quantitative estimate of drug-likeness (QED) is 0.0661. The number of alkyl halides is 2. The van der Waals surface area contributed by atoms with Crippen LogP contribution >= 0.6 is 46.9 Å². The smallest absolute Gasteiger partial charge is 0.449 e. The van der Waals surface area contributed by atoms with Crippen molar-refractivity contribution in [2.75, 3.05) is 5.34 Å². The van der Waals surface area contributed by atoms with Gasteiger partial charge in [-0.15, -0.1) is 23.2 Å². The molecule has 6 aromatic rings. The van der Waals surface area contributed by atoms with Gasteiger partial charge in [0.05, 0.1) is 11.4 Å². The first-order valence-corrected chi connectivity index (χ1v) is 21.6. The third-order valence-electron chi connectivity index (χ3n) is 6.78. The second-order valence-electron chi connectivity index (χ2n) is 10.6. The minimum Gasteiger partial charge on any atom is -0.449 e. The number of para-hydroxylation sites is 2. The van der Waals surface area contributed by atoms with E-state index in [0.717, 1.165) is 11.5 Å². The molecule has 6 aromatic carbocycles. The summed E-state index contributed by atoms with van der Waals surface area (Å²) in [7, 11) is -13.2. The molecule has 0 fully saturated rings. The van der Waals surface area contributed by atoms with Crippen LogP contribution in [-0.4, -0.2) is 5.34 Å². The summed E-state index contributed by atoms with van der Waals surface area (Å²) in [6.07, 6.45) is 0. The monoisotopic (exact) mass is 873 g/mol. The second-order valence-corrected chi connectivity index (χ2v) is 18.2. The molecule has 0 atom stereocenters. The number of halogens is 8. The van der Waals surface area contributed by atoms with Crippen LogP contribution in [0, 0.1) is 11.3 Å². The van der Waals surface area contributed by atoms with E-state index in [9.17, 15) is 25.2 Å². The van der Waals surface area contributed by atoms with Gasteiger partial charge in [0, 0.05) is 6.92 Å². The Morgan fingerprint density at radius 2 is 0.679 bits per heavy atom. The minimum absolute atomic E-state index is 0. The molecule has 0 amide bonds. The Balaban J connectivity index is 0.000000604. The molecule has 0 aromatic heterocycles. The van der Waals surface area contributed by atoms with Gasteiger partial charge in [0.15, 0.2) is 11.5 Å². The van der Waals surface area contributed by atoms with Crippen LogP contribution in [-0.2, 0) is 17.1 Å². The summed E-state index contributed by atoms with van der Waals surface area (Å²) in [6, 6.07) is 62.3. The topological polar surface area (TPSA) is 33.0 Å². The van der Waals surface area contributed by atoms with Crippen molar-refractivity contribution in [3.8, 4) is 17.6 Å². The fraction of sp³-hybridized carbons (Fsp3) is 0.0513. The van der Waals surface area contributed by atoms with Crippen LogP contribution < -0.4 is 36.6 Å². The number of hydrogen-bond acceptors (Lipinski definition) is 2. The van der Waals surface area contributed by atoms with Crippen molar-refractivity contribution in [1.82, 2.24) is 0 Å². The molecule has 2 nitrogen and oxygen atoms in total. The number of ether oxygens (including phenoxy) is 1. The van der Waals surface area contributed by atoms with Crippen molar-refractivity contribution in [3.63, 3.8) is 0 Å². The molecule has 0 saturated heterocycles. The average Bonchev–Trinajstić information content (AvgIpc) is 3.11. The van der Waals surface area contributed by atoms with Crippen molar-refractivity contribution in [2.45, 2.75) is 6.92 Å². The van der Waals surface area contributed by atoms with Gasteiger partial charge >= 0.3 is 50.1 Å².